The van der Waals surface area contributed by atoms with Crippen LogP contribution in [0.3, 0.4) is 0 Å². The molecule has 6 heteroatoms. The number of amides is 2. The van der Waals surface area contributed by atoms with Gasteiger partial charge in [-0.25, -0.2) is 4.39 Å². The molecule has 0 bridgehead atoms. The zero-order valence-corrected chi connectivity index (χ0v) is 15.8. The summed E-state index contributed by atoms with van der Waals surface area (Å²) in [4.78, 5) is 24.9. The fourth-order valence-corrected chi connectivity index (χ4v) is 3.10. The van der Waals surface area contributed by atoms with Crippen LogP contribution in [0.5, 0.6) is 0 Å². The molecule has 1 aliphatic carbocycles. The van der Waals surface area contributed by atoms with Crippen LogP contribution in [0.2, 0.25) is 0 Å². The summed E-state index contributed by atoms with van der Waals surface area (Å²) in [6.45, 7) is 0. The fraction of sp³-hybridized carbons (Fsp3) is 0.300. The Morgan fingerprint density at radius 2 is 1.85 bits per heavy atom. The van der Waals surface area contributed by atoms with Crippen molar-refractivity contribution in [2.45, 2.75) is 37.8 Å². The highest BCUT2D eigenvalue weighted by molar-refractivity contribution is 9.10. The largest absolute Gasteiger partial charge is 0.352 e. The highest BCUT2D eigenvalue weighted by atomic mass is 79.9. The summed E-state index contributed by atoms with van der Waals surface area (Å²) < 4.78 is 13.6. The van der Waals surface area contributed by atoms with Crippen LogP contribution in [-0.4, -0.2) is 23.9 Å². The van der Waals surface area contributed by atoms with Crippen molar-refractivity contribution in [2.75, 3.05) is 0 Å². The summed E-state index contributed by atoms with van der Waals surface area (Å²) in [6, 6.07) is 13.6. The lowest BCUT2D eigenvalue weighted by Crippen LogP contribution is -2.49. The molecule has 2 amide bonds. The minimum Gasteiger partial charge on any atom is -0.352 e. The Balaban J connectivity index is 1.65. The summed E-state index contributed by atoms with van der Waals surface area (Å²) >= 11 is 3.12. The topological polar surface area (TPSA) is 58.2 Å². The van der Waals surface area contributed by atoms with Gasteiger partial charge in [0, 0.05) is 12.5 Å². The summed E-state index contributed by atoms with van der Waals surface area (Å²) in [7, 11) is 0. The predicted octanol–water partition coefficient (Wildman–Crippen LogP) is 3.14. The second-order valence-corrected chi connectivity index (χ2v) is 7.37. The zero-order valence-electron chi connectivity index (χ0n) is 14.2. The summed E-state index contributed by atoms with van der Waals surface area (Å²) in [5.74, 6) is -0.805. The SMILES string of the molecule is O=C(Cc1ccc(F)c(Br)c1)NC(Cc1ccccc1)C(=O)NC1CC1. The fourth-order valence-electron chi connectivity index (χ4n) is 2.67. The molecule has 1 saturated carbocycles. The Bertz CT molecular complexity index is 794. The van der Waals surface area contributed by atoms with Gasteiger partial charge in [-0.05, 0) is 52.0 Å². The van der Waals surface area contributed by atoms with Gasteiger partial charge in [0.25, 0.3) is 0 Å². The molecule has 2 aromatic rings. The molecule has 1 atom stereocenters. The molecule has 2 N–H and O–H groups in total. The van der Waals surface area contributed by atoms with Crippen LogP contribution in [0.25, 0.3) is 0 Å². The molecule has 0 spiro atoms. The molecule has 136 valence electrons. The van der Waals surface area contributed by atoms with Crippen LogP contribution in [0, 0.1) is 5.82 Å². The van der Waals surface area contributed by atoms with Gasteiger partial charge in [0.1, 0.15) is 11.9 Å². The Labute approximate surface area is 160 Å². The van der Waals surface area contributed by atoms with Gasteiger partial charge in [0.2, 0.25) is 11.8 Å². The quantitative estimate of drug-likeness (QED) is 0.725. The monoisotopic (exact) mass is 418 g/mol. The van der Waals surface area contributed by atoms with Crippen LogP contribution in [0.15, 0.2) is 53.0 Å². The minimum absolute atomic E-state index is 0.0842. The van der Waals surface area contributed by atoms with E-state index in [0.29, 0.717) is 16.5 Å². The maximum absolute atomic E-state index is 13.3. The van der Waals surface area contributed by atoms with Gasteiger partial charge in [-0.1, -0.05) is 36.4 Å². The average molecular weight is 419 g/mol. The molecule has 0 radical (unpaired) electrons. The Kier molecular flexibility index (Phi) is 6.04. The third-order valence-corrected chi connectivity index (χ3v) is 4.81. The maximum atomic E-state index is 13.3. The zero-order chi connectivity index (χ0) is 18.5. The van der Waals surface area contributed by atoms with Gasteiger partial charge in [0.15, 0.2) is 0 Å². The number of carbonyl (C=O) groups excluding carboxylic acids is 2. The number of carbonyl (C=O) groups is 2. The Morgan fingerprint density at radius 1 is 1.12 bits per heavy atom. The third kappa shape index (κ3) is 5.39. The van der Waals surface area contributed by atoms with Crippen molar-refractivity contribution >= 4 is 27.7 Å². The van der Waals surface area contributed by atoms with Gasteiger partial charge >= 0.3 is 0 Å². The van der Waals surface area contributed by atoms with E-state index in [9.17, 15) is 14.0 Å². The van der Waals surface area contributed by atoms with E-state index in [4.69, 9.17) is 0 Å². The van der Waals surface area contributed by atoms with Crippen molar-refractivity contribution in [3.63, 3.8) is 0 Å². The van der Waals surface area contributed by atoms with Crippen LogP contribution in [-0.2, 0) is 22.4 Å². The van der Waals surface area contributed by atoms with E-state index in [1.54, 1.807) is 12.1 Å². The van der Waals surface area contributed by atoms with Crippen LogP contribution in [0.1, 0.15) is 24.0 Å². The van der Waals surface area contributed by atoms with E-state index in [0.717, 1.165) is 18.4 Å². The second-order valence-electron chi connectivity index (χ2n) is 6.52. The number of hydrogen-bond donors (Lipinski definition) is 2. The molecule has 1 aliphatic rings. The van der Waals surface area contributed by atoms with Crippen molar-refractivity contribution in [1.82, 2.24) is 10.6 Å². The second kappa shape index (κ2) is 8.45. The Morgan fingerprint density at radius 3 is 2.50 bits per heavy atom. The molecule has 0 aliphatic heterocycles. The summed E-state index contributed by atoms with van der Waals surface area (Å²) in [5.41, 5.74) is 1.66. The van der Waals surface area contributed by atoms with E-state index < -0.39 is 6.04 Å². The van der Waals surface area contributed by atoms with Crippen molar-refractivity contribution in [1.29, 1.82) is 0 Å². The maximum Gasteiger partial charge on any atom is 0.243 e. The first-order valence-electron chi connectivity index (χ1n) is 8.59. The number of nitrogens with one attached hydrogen (secondary N) is 2. The van der Waals surface area contributed by atoms with Gasteiger partial charge in [-0.15, -0.1) is 0 Å². The third-order valence-electron chi connectivity index (χ3n) is 4.21. The lowest BCUT2D eigenvalue weighted by atomic mass is 10.0. The molecule has 0 saturated heterocycles. The summed E-state index contributed by atoms with van der Waals surface area (Å²) in [5, 5.41) is 5.77. The van der Waals surface area contributed by atoms with Gasteiger partial charge in [0.05, 0.1) is 10.9 Å². The first-order valence-corrected chi connectivity index (χ1v) is 9.38. The van der Waals surface area contributed by atoms with E-state index in [1.165, 1.54) is 6.07 Å². The molecular formula is C20H20BrFN2O2. The first kappa shape index (κ1) is 18.6. The van der Waals surface area contributed by atoms with Crippen molar-refractivity contribution in [3.8, 4) is 0 Å². The first-order chi connectivity index (χ1) is 12.5. The van der Waals surface area contributed by atoms with E-state index in [-0.39, 0.29) is 30.1 Å². The van der Waals surface area contributed by atoms with E-state index in [2.05, 4.69) is 26.6 Å². The molecule has 0 aromatic heterocycles. The molecule has 26 heavy (non-hydrogen) atoms. The average Bonchev–Trinajstić information content (AvgIpc) is 3.42. The molecule has 3 rings (SSSR count). The molecule has 1 unspecified atom stereocenters. The minimum atomic E-state index is -0.630. The Hall–Kier alpha value is -2.21. The molecule has 4 nitrogen and oxygen atoms in total. The van der Waals surface area contributed by atoms with Crippen molar-refractivity contribution in [3.05, 3.63) is 69.9 Å². The highest BCUT2D eigenvalue weighted by Crippen LogP contribution is 2.19. The smallest absolute Gasteiger partial charge is 0.243 e. The number of rotatable bonds is 7. The van der Waals surface area contributed by atoms with E-state index in [1.807, 2.05) is 30.3 Å². The number of halogens is 2. The standard InChI is InChI=1S/C20H20BrFN2O2/c21-16-10-14(6-9-17(16)22)12-19(25)24-18(20(26)23-15-7-8-15)11-13-4-2-1-3-5-13/h1-6,9-10,15,18H,7-8,11-12H2,(H,23,26)(H,24,25). The number of benzene rings is 2. The van der Waals surface area contributed by atoms with Crippen LogP contribution < -0.4 is 10.6 Å². The van der Waals surface area contributed by atoms with Gasteiger partial charge in [-0.2, -0.15) is 0 Å². The number of hydrogen-bond acceptors (Lipinski definition) is 2. The van der Waals surface area contributed by atoms with Crippen LogP contribution in [0.4, 0.5) is 4.39 Å². The van der Waals surface area contributed by atoms with Crippen LogP contribution >= 0.6 is 15.9 Å². The lowest BCUT2D eigenvalue weighted by Gasteiger charge is -2.19. The highest BCUT2D eigenvalue weighted by Gasteiger charge is 2.28. The molecular weight excluding hydrogens is 399 g/mol. The van der Waals surface area contributed by atoms with Gasteiger partial charge in [-0.3, -0.25) is 9.59 Å². The van der Waals surface area contributed by atoms with E-state index >= 15 is 0 Å². The van der Waals surface area contributed by atoms with Crippen molar-refractivity contribution < 1.29 is 14.0 Å². The predicted molar refractivity (Wildman–Crippen MR) is 101 cm³/mol. The lowest BCUT2D eigenvalue weighted by molar-refractivity contribution is -0.128. The normalized spacial score (nSPS) is 14.5. The van der Waals surface area contributed by atoms with Gasteiger partial charge < -0.3 is 10.6 Å². The molecule has 0 heterocycles. The van der Waals surface area contributed by atoms with Crippen molar-refractivity contribution in [2.24, 2.45) is 0 Å². The molecule has 1 fully saturated rings. The summed E-state index contributed by atoms with van der Waals surface area (Å²) in [6.07, 6.45) is 2.49. The molecule has 2 aromatic carbocycles.